The van der Waals surface area contributed by atoms with Crippen molar-refractivity contribution >= 4 is 22.9 Å². The number of hydrogen-bond acceptors (Lipinski definition) is 3. The van der Waals surface area contributed by atoms with Crippen molar-refractivity contribution in [2.45, 2.75) is 6.92 Å². The number of nitrogens with zero attached hydrogens (tertiary/aromatic N) is 1. The zero-order valence-corrected chi connectivity index (χ0v) is 9.10. The van der Waals surface area contributed by atoms with Crippen LogP contribution in [0.25, 0.3) is 0 Å². The fourth-order valence-corrected chi connectivity index (χ4v) is 1.87. The van der Waals surface area contributed by atoms with E-state index in [1.54, 1.807) is 5.38 Å². The van der Waals surface area contributed by atoms with E-state index in [0.717, 1.165) is 11.3 Å². The third-order valence-corrected chi connectivity index (χ3v) is 2.69. The molecule has 0 atom stereocenters. The number of aryl methyl sites for hydroxylation is 1. The van der Waals surface area contributed by atoms with Crippen LogP contribution in [0.4, 0.5) is 0 Å². The van der Waals surface area contributed by atoms with Crippen LogP contribution in [0.5, 0.6) is 10.9 Å². The minimum atomic E-state index is 0.470. The molecule has 4 heteroatoms. The smallest absolute Gasteiger partial charge is 0.280 e. The van der Waals surface area contributed by atoms with Crippen LogP contribution >= 0.6 is 22.9 Å². The second-order valence-corrected chi connectivity index (χ2v) is 4.06. The molecule has 2 rings (SSSR count). The van der Waals surface area contributed by atoms with Crippen LogP contribution in [0.3, 0.4) is 0 Å². The van der Waals surface area contributed by atoms with Gasteiger partial charge in [0.2, 0.25) is 0 Å². The van der Waals surface area contributed by atoms with Crippen LogP contribution in [0.15, 0.2) is 29.6 Å². The summed E-state index contributed by atoms with van der Waals surface area (Å²) in [7, 11) is 0. The van der Waals surface area contributed by atoms with Gasteiger partial charge in [0, 0.05) is 5.38 Å². The Morgan fingerprint density at radius 1 is 1.43 bits per heavy atom. The first-order chi connectivity index (χ1) is 6.74. The fraction of sp³-hybridized carbons (Fsp3) is 0.100. The first-order valence-corrected chi connectivity index (χ1v) is 5.35. The highest BCUT2D eigenvalue weighted by molar-refractivity contribution is 7.11. The van der Waals surface area contributed by atoms with E-state index in [9.17, 15) is 0 Å². The predicted octanol–water partition coefficient (Wildman–Crippen LogP) is 3.90. The molecule has 0 saturated carbocycles. The summed E-state index contributed by atoms with van der Waals surface area (Å²) in [5, 5.41) is 2.78. The molecule has 1 aromatic heterocycles. The number of aromatic nitrogens is 1. The third-order valence-electron chi connectivity index (χ3n) is 1.65. The van der Waals surface area contributed by atoms with Crippen LogP contribution in [0.2, 0.25) is 5.15 Å². The zero-order chi connectivity index (χ0) is 9.97. The van der Waals surface area contributed by atoms with Crippen LogP contribution in [-0.2, 0) is 0 Å². The van der Waals surface area contributed by atoms with Crippen molar-refractivity contribution in [2.24, 2.45) is 0 Å². The lowest BCUT2D eigenvalue weighted by atomic mass is 10.2. The molecule has 0 aliphatic rings. The lowest BCUT2D eigenvalue weighted by Gasteiger charge is -2.01. The van der Waals surface area contributed by atoms with Gasteiger partial charge in [-0.3, -0.25) is 0 Å². The van der Waals surface area contributed by atoms with Crippen molar-refractivity contribution in [2.75, 3.05) is 0 Å². The second-order valence-electron chi connectivity index (χ2n) is 2.85. The maximum Gasteiger partial charge on any atom is 0.280 e. The van der Waals surface area contributed by atoms with Crippen LogP contribution < -0.4 is 4.74 Å². The molecule has 0 N–H and O–H groups in total. The monoisotopic (exact) mass is 225 g/mol. The molecule has 0 saturated heterocycles. The summed E-state index contributed by atoms with van der Waals surface area (Å²) in [6, 6.07) is 7.80. The lowest BCUT2D eigenvalue weighted by Crippen LogP contribution is -1.83. The molecule has 0 aliphatic carbocycles. The molecule has 0 radical (unpaired) electrons. The van der Waals surface area contributed by atoms with Gasteiger partial charge in [0.05, 0.1) is 0 Å². The molecule has 2 nitrogen and oxygen atoms in total. The minimum absolute atomic E-state index is 0.470. The molecule has 2 aromatic rings. The molecule has 14 heavy (non-hydrogen) atoms. The fourth-order valence-electron chi connectivity index (χ4n) is 1.07. The quantitative estimate of drug-likeness (QED) is 0.774. The Kier molecular flexibility index (Phi) is 2.70. The average molecular weight is 226 g/mol. The van der Waals surface area contributed by atoms with E-state index in [1.165, 1.54) is 11.3 Å². The Morgan fingerprint density at radius 2 is 2.29 bits per heavy atom. The molecule has 0 aliphatic heterocycles. The maximum absolute atomic E-state index is 5.68. The summed E-state index contributed by atoms with van der Waals surface area (Å²) in [5.74, 6) is 0.788. The van der Waals surface area contributed by atoms with E-state index < -0.39 is 0 Å². The number of ether oxygens (including phenoxy) is 1. The van der Waals surface area contributed by atoms with E-state index in [2.05, 4.69) is 4.98 Å². The van der Waals surface area contributed by atoms with Gasteiger partial charge in [-0.2, -0.15) is 4.98 Å². The molecule has 0 spiro atoms. The standard InChI is InChI=1S/C10H8ClNOS/c1-7-3-2-4-8(5-7)13-10-12-9(11)6-14-10/h2-6H,1H3. The highest BCUT2D eigenvalue weighted by atomic mass is 35.5. The normalized spacial score (nSPS) is 10.1. The van der Waals surface area contributed by atoms with Crippen molar-refractivity contribution in [3.05, 3.63) is 40.4 Å². The number of hydrogen-bond donors (Lipinski definition) is 0. The molecule has 1 aromatic carbocycles. The van der Waals surface area contributed by atoms with Crippen molar-refractivity contribution in [1.29, 1.82) is 0 Å². The third kappa shape index (κ3) is 2.25. The van der Waals surface area contributed by atoms with Gasteiger partial charge in [-0.05, 0) is 24.6 Å². The first-order valence-electron chi connectivity index (χ1n) is 4.09. The van der Waals surface area contributed by atoms with E-state index >= 15 is 0 Å². The number of halogens is 1. The molecule has 0 bridgehead atoms. The maximum atomic E-state index is 5.68. The van der Waals surface area contributed by atoms with Gasteiger partial charge in [-0.15, -0.1) is 0 Å². The average Bonchev–Trinajstić information content (AvgIpc) is 2.51. The summed E-state index contributed by atoms with van der Waals surface area (Å²) in [4.78, 5) is 4.00. The van der Waals surface area contributed by atoms with Crippen molar-refractivity contribution in [1.82, 2.24) is 4.98 Å². The molecule has 0 amide bonds. The summed E-state index contributed by atoms with van der Waals surface area (Å²) in [6.07, 6.45) is 0. The van der Waals surface area contributed by atoms with Gasteiger partial charge < -0.3 is 4.74 Å². The van der Waals surface area contributed by atoms with Gasteiger partial charge in [-0.1, -0.05) is 35.1 Å². The zero-order valence-electron chi connectivity index (χ0n) is 7.53. The molecule has 0 fully saturated rings. The van der Waals surface area contributed by atoms with Gasteiger partial charge >= 0.3 is 0 Å². The Bertz CT molecular complexity index is 441. The summed E-state index contributed by atoms with van der Waals surface area (Å²) in [6.45, 7) is 2.02. The van der Waals surface area contributed by atoms with Crippen molar-refractivity contribution < 1.29 is 4.74 Å². The summed E-state index contributed by atoms with van der Waals surface area (Å²) in [5.41, 5.74) is 1.16. The molecule has 0 unspecified atom stereocenters. The minimum Gasteiger partial charge on any atom is -0.431 e. The van der Waals surface area contributed by atoms with Crippen LogP contribution in [-0.4, -0.2) is 4.98 Å². The Morgan fingerprint density at radius 3 is 2.93 bits per heavy atom. The summed E-state index contributed by atoms with van der Waals surface area (Å²) < 4.78 is 5.50. The van der Waals surface area contributed by atoms with Crippen molar-refractivity contribution in [3.8, 4) is 10.9 Å². The lowest BCUT2D eigenvalue weighted by molar-refractivity contribution is 0.478. The Labute approximate surface area is 91.1 Å². The first kappa shape index (κ1) is 9.49. The van der Waals surface area contributed by atoms with E-state index in [1.807, 2.05) is 31.2 Å². The summed E-state index contributed by atoms with van der Waals surface area (Å²) >= 11 is 7.06. The van der Waals surface area contributed by atoms with E-state index in [4.69, 9.17) is 16.3 Å². The molecular weight excluding hydrogens is 218 g/mol. The number of benzene rings is 1. The topological polar surface area (TPSA) is 22.1 Å². The molecule has 72 valence electrons. The number of rotatable bonds is 2. The molecule has 1 heterocycles. The highest BCUT2D eigenvalue weighted by Gasteiger charge is 2.01. The van der Waals surface area contributed by atoms with Gasteiger partial charge in [0.1, 0.15) is 10.9 Å². The highest BCUT2D eigenvalue weighted by Crippen LogP contribution is 2.27. The van der Waals surface area contributed by atoms with E-state index in [0.29, 0.717) is 10.3 Å². The van der Waals surface area contributed by atoms with Crippen molar-refractivity contribution in [3.63, 3.8) is 0 Å². The predicted molar refractivity (Wildman–Crippen MR) is 58.4 cm³/mol. The van der Waals surface area contributed by atoms with Crippen LogP contribution in [0, 0.1) is 6.92 Å². The second kappa shape index (κ2) is 3.98. The largest absolute Gasteiger partial charge is 0.431 e. The Hall–Kier alpha value is -1.06. The molecular formula is C10H8ClNOS. The Balaban J connectivity index is 2.18. The van der Waals surface area contributed by atoms with Crippen LogP contribution in [0.1, 0.15) is 5.56 Å². The number of thiazole rings is 1. The van der Waals surface area contributed by atoms with Gasteiger partial charge in [0.25, 0.3) is 5.19 Å². The SMILES string of the molecule is Cc1cccc(Oc2nc(Cl)cs2)c1. The van der Waals surface area contributed by atoms with Gasteiger partial charge in [-0.25, -0.2) is 0 Å². The van der Waals surface area contributed by atoms with Gasteiger partial charge in [0.15, 0.2) is 0 Å². The van der Waals surface area contributed by atoms with E-state index in [-0.39, 0.29) is 0 Å².